The van der Waals surface area contributed by atoms with Gasteiger partial charge in [-0.3, -0.25) is 4.79 Å². The van der Waals surface area contributed by atoms with Crippen LogP contribution in [0.5, 0.6) is 5.75 Å². The number of piperidine rings is 1. The first-order valence-corrected chi connectivity index (χ1v) is 10.8. The fourth-order valence-corrected chi connectivity index (χ4v) is 5.51. The normalized spacial score (nSPS) is 29.1. The quantitative estimate of drug-likeness (QED) is 0.823. The third kappa shape index (κ3) is 3.96. The molecular formula is C25H32N2O3. The summed E-state index contributed by atoms with van der Waals surface area (Å²) in [6.45, 7) is 2.03. The summed E-state index contributed by atoms with van der Waals surface area (Å²) in [7, 11) is 5.70. The summed E-state index contributed by atoms with van der Waals surface area (Å²) in [5.74, 6) is 1.24. The summed E-state index contributed by atoms with van der Waals surface area (Å²) in [5.41, 5.74) is 1.95. The number of ether oxygens (including phenoxy) is 2. The van der Waals surface area contributed by atoms with Gasteiger partial charge in [-0.05, 0) is 62.7 Å². The molecule has 30 heavy (non-hydrogen) atoms. The van der Waals surface area contributed by atoms with Crippen LogP contribution in [0.3, 0.4) is 0 Å². The van der Waals surface area contributed by atoms with Crippen molar-refractivity contribution in [1.82, 2.24) is 10.2 Å². The van der Waals surface area contributed by atoms with Crippen LogP contribution in [0, 0.1) is 5.92 Å². The number of amides is 1. The van der Waals surface area contributed by atoms with Gasteiger partial charge < -0.3 is 19.7 Å². The van der Waals surface area contributed by atoms with E-state index in [1.165, 1.54) is 5.56 Å². The summed E-state index contributed by atoms with van der Waals surface area (Å²) < 4.78 is 11.6. The molecule has 5 heteroatoms. The molecule has 2 aliphatic rings. The Morgan fingerprint density at radius 2 is 1.93 bits per heavy atom. The maximum atomic E-state index is 12.9. The van der Waals surface area contributed by atoms with Crippen LogP contribution in [0.25, 0.3) is 0 Å². The molecule has 4 rings (SSSR count). The number of carbonyl (C=O) groups excluding carboxylic acids is 1. The third-order valence-electron chi connectivity index (χ3n) is 7.05. The number of benzene rings is 2. The maximum Gasteiger partial charge on any atom is 0.251 e. The number of methoxy groups -OCH3 is 2. The second-order valence-electron chi connectivity index (χ2n) is 8.76. The highest BCUT2D eigenvalue weighted by molar-refractivity contribution is 5.94. The van der Waals surface area contributed by atoms with Crippen LogP contribution in [-0.2, 0) is 10.2 Å². The average Bonchev–Trinajstić information content (AvgIpc) is 2.79. The monoisotopic (exact) mass is 408 g/mol. The molecule has 0 radical (unpaired) electrons. The first kappa shape index (κ1) is 20.9. The molecule has 1 N–H and O–H groups in total. The number of likely N-dealkylation sites (tertiary alicyclic amines) is 1. The lowest BCUT2D eigenvalue weighted by atomic mass is 9.57. The van der Waals surface area contributed by atoms with Gasteiger partial charge in [-0.2, -0.15) is 0 Å². The molecule has 1 amide bonds. The minimum atomic E-state index is -0.0470. The number of hydrogen-bond donors (Lipinski definition) is 1. The fraction of sp³-hybridized carbons (Fsp3) is 0.480. The minimum Gasteiger partial charge on any atom is -0.497 e. The zero-order valence-corrected chi connectivity index (χ0v) is 18.1. The molecule has 1 heterocycles. The van der Waals surface area contributed by atoms with Gasteiger partial charge in [-0.15, -0.1) is 0 Å². The average molecular weight is 409 g/mol. The number of nitrogens with zero attached hydrogens (tertiary/aromatic N) is 1. The lowest BCUT2D eigenvalue weighted by molar-refractivity contribution is -0.0629. The Hall–Kier alpha value is -2.37. The first-order valence-electron chi connectivity index (χ1n) is 10.8. The second kappa shape index (κ2) is 8.78. The standard InChI is InChI=1S/C25H32N2O3/c1-27-13-12-25(19-10-7-11-21(14-19)29-2)16-20(15-23(30-3)22(25)17-27)26-24(28)18-8-5-4-6-9-18/h4-11,14,20,22-23H,12-13,15-17H2,1-3H3,(H,26,28). The molecular weight excluding hydrogens is 376 g/mol. The van der Waals surface area contributed by atoms with E-state index in [0.717, 1.165) is 38.1 Å². The molecule has 1 saturated carbocycles. The predicted molar refractivity (Wildman–Crippen MR) is 118 cm³/mol. The highest BCUT2D eigenvalue weighted by Crippen LogP contribution is 2.50. The zero-order valence-electron chi connectivity index (χ0n) is 18.1. The van der Waals surface area contributed by atoms with Crippen molar-refractivity contribution in [1.29, 1.82) is 0 Å². The van der Waals surface area contributed by atoms with Crippen molar-refractivity contribution in [3.8, 4) is 5.75 Å². The molecule has 0 aromatic heterocycles. The number of hydrogen-bond acceptors (Lipinski definition) is 4. The number of fused-ring (bicyclic) bond motifs is 1. The minimum absolute atomic E-state index is 0.0115. The van der Waals surface area contributed by atoms with E-state index in [1.807, 2.05) is 36.4 Å². The van der Waals surface area contributed by atoms with Crippen molar-refractivity contribution in [3.63, 3.8) is 0 Å². The Kier molecular flexibility index (Phi) is 6.11. The molecule has 160 valence electrons. The van der Waals surface area contributed by atoms with Crippen LogP contribution in [0.4, 0.5) is 0 Å². The highest BCUT2D eigenvalue weighted by atomic mass is 16.5. The Labute approximate surface area is 179 Å². The van der Waals surface area contributed by atoms with Gasteiger partial charge >= 0.3 is 0 Å². The number of nitrogens with one attached hydrogen (secondary N) is 1. The van der Waals surface area contributed by atoms with Crippen molar-refractivity contribution in [2.45, 2.75) is 36.8 Å². The Balaban J connectivity index is 1.67. The summed E-state index contributed by atoms with van der Waals surface area (Å²) >= 11 is 0. The van der Waals surface area contributed by atoms with E-state index in [4.69, 9.17) is 9.47 Å². The van der Waals surface area contributed by atoms with E-state index in [9.17, 15) is 4.79 Å². The van der Waals surface area contributed by atoms with Gasteiger partial charge in [0.15, 0.2) is 0 Å². The number of rotatable bonds is 5. The lowest BCUT2D eigenvalue weighted by Crippen LogP contribution is -2.60. The molecule has 1 aliphatic heterocycles. The van der Waals surface area contributed by atoms with Crippen molar-refractivity contribution in [3.05, 3.63) is 65.7 Å². The van der Waals surface area contributed by atoms with Crippen molar-refractivity contribution < 1.29 is 14.3 Å². The molecule has 4 unspecified atom stereocenters. The Morgan fingerprint density at radius 1 is 1.13 bits per heavy atom. The van der Waals surface area contributed by atoms with E-state index in [2.05, 4.69) is 35.5 Å². The van der Waals surface area contributed by atoms with Crippen molar-refractivity contribution >= 4 is 5.91 Å². The van der Waals surface area contributed by atoms with Gasteiger partial charge in [0.1, 0.15) is 5.75 Å². The Morgan fingerprint density at radius 3 is 2.67 bits per heavy atom. The summed E-state index contributed by atoms with van der Waals surface area (Å²) in [6.07, 6.45) is 2.88. The van der Waals surface area contributed by atoms with Crippen LogP contribution < -0.4 is 10.1 Å². The van der Waals surface area contributed by atoms with E-state index in [1.54, 1.807) is 14.2 Å². The SMILES string of the molecule is COc1cccc(C23CCN(C)CC2C(OC)CC(NC(=O)c2ccccc2)C3)c1. The number of carbonyl (C=O) groups is 1. The van der Waals surface area contributed by atoms with E-state index in [-0.39, 0.29) is 23.5 Å². The molecule has 0 bridgehead atoms. The predicted octanol–water partition coefficient (Wildman–Crippen LogP) is 3.49. The smallest absolute Gasteiger partial charge is 0.251 e. The van der Waals surface area contributed by atoms with Gasteiger partial charge in [0.25, 0.3) is 5.91 Å². The second-order valence-corrected chi connectivity index (χ2v) is 8.76. The largest absolute Gasteiger partial charge is 0.497 e. The summed E-state index contributed by atoms with van der Waals surface area (Å²) in [4.78, 5) is 15.3. The molecule has 0 spiro atoms. The lowest BCUT2D eigenvalue weighted by Gasteiger charge is -2.55. The first-order chi connectivity index (χ1) is 14.6. The van der Waals surface area contributed by atoms with Gasteiger partial charge in [0.2, 0.25) is 0 Å². The molecule has 2 fully saturated rings. The Bertz CT molecular complexity index is 872. The molecule has 4 atom stereocenters. The summed E-state index contributed by atoms with van der Waals surface area (Å²) in [5, 5.41) is 3.30. The van der Waals surface area contributed by atoms with Crippen LogP contribution >= 0.6 is 0 Å². The molecule has 2 aromatic carbocycles. The molecule has 2 aromatic rings. The van der Waals surface area contributed by atoms with Crippen LogP contribution in [0.1, 0.15) is 35.2 Å². The van der Waals surface area contributed by atoms with Crippen LogP contribution in [0.2, 0.25) is 0 Å². The van der Waals surface area contributed by atoms with Crippen LogP contribution in [0.15, 0.2) is 54.6 Å². The van der Waals surface area contributed by atoms with E-state index >= 15 is 0 Å². The van der Waals surface area contributed by atoms with Crippen molar-refractivity contribution in [2.24, 2.45) is 5.92 Å². The maximum absolute atomic E-state index is 12.9. The molecule has 1 saturated heterocycles. The van der Waals surface area contributed by atoms with Crippen LogP contribution in [-0.4, -0.2) is 57.3 Å². The van der Waals surface area contributed by atoms with E-state index in [0.29, 0.717) is 11.5 Å². The topological polar surface area (TPSA) is 50.8 Å². The molecule has 5 nitrogen and oxygen atoms in total. The summed E-state index contributed by atoms with van der Waals surface area (Å²) in [6, 6.07) is 18.0. The highest BCUT2D eigenvalue weighted by Gasteiger charge is 2.52. The van der Waals surface area contributed by atoms with Gasteiger partial charge in [-0.1, -0.05) is 30.3 Å². The third-order valence-corrected chi connectivity index (χ3v) is 7.05. The fourth-order valence-electron chi connectivity index (χ4n) is 5.51. The van der Waals surface area contributed by atoms with Crippen molar-refractivity contribution in [2.75, 3.05) is 34.4 Å². The van der Waals surface area contributed by atoms with Gasteiger partial charge in [-0.25, -0.2) is 0 Å². The van der Waals surface area contributed by atoms with E-state index < -0.39 is 0 Å². The van der Waals surface area contributed by atoms with Gasteiger partial charge in [0.05, 0.1) is 13.2 Å². The zero-order chi connectivity index (χ0) is 21.1. The molecule has 1 aliphatic carbocycles. The van der Waals surface area contributed by atoms with Gasteiger partial charge in [0, 0.05) is 36.6 Å².